The number of nitrogens with zero attached hydrogens (tertiary/aromatic N) is 1. The Morgan fingerprint density at radius 3 is 2.64 bits per heavy atom. The molecule has 0 aliphatic rings. The van der Waals surface area contributed by atoms with E-state index in [1.165, 1.54) is 17.3 Å². The van der Waals surface area contributed by atoms with Crippen LogP contribution in [0.1, 0.15) is 12.5 Å². The number of amidine groups is 1. The number of para-hydroxylation sites is 1. The lowest BCUT2D eigenvalue weighted by Crippen LogP contribution is -2.04. The monoisotopic (exact) mass is 322 g/mol. The molecule has 4 heteroatoms. The Morgan fingerprint density at radius 1 is 1.43 bits per heavy atom. The Balaban J connectivity index is 0.00000169. The Morgan fingerprint density at radius 2 is 2.07 bits per heavy atom. The molecule has 0 spiro atoms. The number of thioether (sulfide) groups is 1. The molecular weight excluding hydrogens is 307 g/mol. The number of benzene rings is 1. The van der Waals surface area contributed by atoms with Crippen LogP contribution in [0.25, 0.3) is 0 Å². The molecule has 78 valence electrons. The van der Waals surface area contributed by atoms with E-state index in [2.05, 4.69) is 18.0 Å². The van der Waals surface area contributed by atoms with Gasteiger partial charge < -0.3 is 5.73 Å². The Labute approximate surface area is 106 Å². The van der Waals surface area contributed by atoms with Gasteiger partial charge in [-0.1, -0.05) is 36.9 Å². The summed E-state index contributed by atoms with van der Waals surface area (Å²) in [4.78, 5) is 4.31. The molecule has 0 aliphatic carbocycles. The molecule has 1 aromatic rings. The first kappa shape index (κ1) is 13.8. The van der Waals surface area contributed by atoms with E-state index in [1.807, 2.05) is 24.5 Å². The van der Waals surface area contributed by atoms with Crippen LogP contribution in [0, 0.1) is 0 Å². The van der Waals surface area contributed by atoms with Gasteiger partial charge in [0.1, 0.15) is 0 Å². The molecule has 0 unspecified atom stereocenters. The van der Waals surface area contributed by atoms with Crippen LogP contribution in [0.2, 0.25) is 0 Å². The lowest BCUT2D eigenvalue weighted by molar-refractivity contribution is 1.13. The quantitative estimate of drug-likeness (QED) is 0.516. The second-order valence-corrected chi connectivity index (χ2v) is 3.46. The zero-order chi connectivity index (χ0) is 9.68. The van der Waals surface area contributed by atoms with Crippen molar-refractivity contribution in [1.29, 1.82) is 0 Å². The first-order valence-corrected chi connectivity index (χ1v) is 5.46. The van der Waals surface area contributed by atoms with Crippen LogP contribution in [-0.2, 0) is 6.42 Å². The molecule has 2 N–H and O–H groups in total. The normalized spacial score (nSPS) is 10.9. The molecule has 1 aromatic carbocycles. The molecule has 2 nitrogen and oxygen atoms in total. The van der Waals surface area contributed by atoms with Gasteiger partial charge in [-0.25, -0.2) is 4.99 Å². The SMILES string of the molecule is CCc1ccccc1N=C(N)SC.I. The van der Waals surface area contributed by atoms with Crippen LogP contribution >= 0.6 is 35.7 Å². The van der Waals surface area contributed by atoms with Gasteiger partial charge in [0, 0.05) is 0 Å². The second-order valence-electron chi connectivity index (χ2n) is 2.64. The number of halogens is 1. The highest BCUT2D eigenvalue weighted by Gasteiger charge is 1.97. The van der Waals surface area contributed by atoms with Crippen LogP contribution in [0.5, 0.6) is 0 Å². The second kappa shape index (κ2) is 7.11. The number of rotatable bonds is 2. The van der Waals surface area contributed by atoms with Crippen molar-refractivity contribution in [3.63, 3.8) is 0 Å². The van der Waals surface area contributed by atoms with Crippen LogP contribution in [0.15, 0.2) is 29.3 Å². The van der Waals surface area contributed by atoms with E-state index >= 15 is 0 Å². The van der Waals surface area contributed by atoms with Gasteiger partial charge >= 0.3 is 0 Å². The van der Waals surface area contributed by atoms with E-state index in [9.17, 15) is 0 Å². The van der Waals surface area contributed by atoms with E-state index in [-0.39, 0.29) is 24.0 Å². The molecule has 0 aliphatic heterocycles. The maximum atomic E-state index is 5.64. The van der Waals surface area contributed by atoms with Gasteiger partial charge in [-0.2, -0.15) is 0 Å². The largest absolute Gasteiger partial charge is 0.378 e. The van der Waals surface area contributed by atoms with E-state index in [4.69, 9.17) is 5.73 Å². The number of aliphatic imine (C=N–C) groups is 1. The van der Waals surface area contributed by atoms with Crippen molar-refractivity contribution in [2.45, 2.75) is 13.3 Å². The Hall–Kier alpha value is -0.230. The van der Waals surface area contributed by atoms with E-state index in [0.717, 1.165) is 12.1 Å². The minimum Gasteiger partial charge on any atom is -0.378 e. The number of hydrogen-bond acceptors (Lipinski definition) is 2. The highest BCUT2D eigenvalue weighted by Crippen LogP contribution is 2.19. The van der Waals surface area contributed by atoms with Crippen molar-refractivity contribution in [1.82, 2.24) is 0 Å². The Bertz CT molecular complexity index is 313. The maximum absolute atomic E-state index is 5.64. The van der Waals surface area contributed by atoms with Gasteiger partial charge in [0.05, 0.1) is 5.69 Å². The van der Waals surface area contributed by atoms with Gasteiger partial charge in [0.15, 0.2) is 5.17 Å². The summed E-state index contributed by atoms with van der Waals surface area (Å²) >= 11 is 1.47. The molecule has 0 saturated heterocycles. The molecule has 0 radical (unpaired) electrons. The van der Waals surface area contributed by atoms with E-state index in [1.54, 1.807) is 0 Å². The smallest absolute Gasteiger partial charge is 0.158 e. The predicted molar refractivity (Wildman–Crippen MR) is 76.0 cm³/mol. The molecule has 0 heterocycles. The molecule has 0 saturated carbocycles. The number of aryl methyl sites for hydroxylation is 1. The first-order valence-electron chi connectivity index (χ1n) is 4.24. The topological polar surface area (TPSA) is 38.4 Å². The summed E-state index contributed by atoms with van der Waals surface area (Å²) in [5.74, 6) is 0. The fourth-order valence-electron chi connectivity index (χ4n) is 1.08. The third kappa shape index (κ3) is 3.88. The average Bonchev–Trinajstić information content (AvgIpc) is 2.18. The zero-order valence-corrected chi connectivity index (χ0v) is 11.5. The van der Waals surface area contributed by atoms with Crippen molar-refractivity contribution in [2.24, 2.45) is 10.7 Å². The van der Waals surface area contributed by atoms with Crippen LogP contribution in [0.4, 0.5) is 5.69 Å². The molecule has 0 bridgehead atoms. The van der Waals surface area contributed by atoms with E-state index in [0.29, 0.717) is 5.17 Å². The minimum atomic E-state index is 0. The summed E-state index contributed by atoms with van der Waals surface area (Å²) < 4.78 is 0. The van der Waals surface area contributed by atoms with Crippen LogP contribution in [0.3, 0.4) is 0 Å². The maximum Gasteiger partial charge on any atom is 0.158 e. The van der Waals surface area contributed by atoms with Gasteiger partial charge in [0.25, 0.3) is 0 Å². The summed E-state index contributed by atoms with van der Waals surface area (Å²) in [5.41, 5.74) is 7.86. The van der Waals surface area contributed by atoms with Crippen molar-refractivity contribution in [2.75, 3.05) is 6.26 Å². The van der Waals surface area contributed by atoms with Gasteiger partial charge in [0.2, 0.25) is 0 Å². The molecule has 0 aromatic heterocycles. The highest BCUT2D eigenvalue weighted by molar-refractivity contribution is 14.0. The predicted octanol–water partition coefficient (Wildman–Crippen LogP) is 3.18. The van der Waals surface area contributed by atoms with Crippen molar-refractivity contribution in [3.05, 3.63) is 29.8 Å². The number of hydrogen-bond donors (Lipinski definition) is 1. The lowest BCUT2D eigenvalue weighted by atomic mass is 10.1. The van der Waals surface area contributed by atoms with Crippen molar-refractivity contribution < 1.29 is 0 Å². The van der Waals surface area contributed by atoms with Crippen LogP contribution in [-0.4, -0.2) is 11.4 Å². The highest BCUT2D eigenvalue weighted by atomic mass is 127. The summed E-state index contributed by atoms with van der Waals surface area (Å²) in [6.45, 7) is 2.11. The fourth-order valence-corrected chi connectivity index (χ4v) is 1.27. The summed E-state index contributed by atoms with van der Waals surface area (Å²) in [5, 5.41) is 0.612. The third-order valence-corrected chi connectivity index (χ3v) is 2.32. The molecular formula is C10H15IN2S. The summed E-state index contributed by atoms with van der Waals surface area (Å²) in [7, 11) is 0. The number of nitrogens with two attached hydrogens (primary N) is 1. The molecule has 14 heavy (non-hydrogen) atoms. The fraction of sp³-hybridized carbons (Fsp3) is 0.300. The Kier molecular flexibility index (Phi) is 7.00. The first-order chi connectivity index (χ1) is 6.27. The molecule has 0 amide bonds. The zero-order valence-electron chi connectivity index (χ0n) is 8.36. The summed E-state index contributed by atoms with van der Waals surface area (Å²) in [6, 6.07) is 8.06. The van der Waals surface area contributed by atoms with Gasteiger partial charge in [-0.05, 0) is 24.3 Å². The lowest BCUT2D eigenvalue weighted by Gasteiger charge is -2.02. The summed E-state index contributed by atoms with van der Waals surface area (Å²) in [6.07, 6.45) is 2.91. The van der Waals surface area contributed by atoms with Crippen molar-refractivity contribution >= 4 is 46.6 Å². The molecule has 1 rings (SSSR count). The van der Waals surface area contributed by atoms with E-state index < -0.39 is 0 Å². The third-order valence-electron chi connectivity index (χ3n) is 1.81. The van der Waals surface area contributed by atoms with Gasteiger partial charge in [-0.15, -0.1) is 24.0 Å². The standard InChI is InChI=1S/C10H14N2S.HI/c1-3-8-6-4-5-7-9(8)12-10(11)13-2;/h4-7H,3H2,1-2H3,(H2,11,12);1H. The molecule has 0 fully saturated rings. The molecule has 0 atom stereocenters. The average molecular weight is 322 g/mol. The minimum absolute atomic E-state index is 0. The van der Waals surface area contributed by atoms with Crippen molar-refractivity contribution in [3.8, 4) is 0 Å². The van der Waals surface area contributed by atoms with Gasteiger partial charge in [-0.3, -0.25) is 0 Å². The van der Waals surface area contributed by atoms with Crippen LogP contribution < -0.4 is 5.73 Å².